The van der Waals surface area contributed by atoms with Crippen LogP contribution in [0, 0.1) is 10.1 Å². The van der Waals surface area contributed by atoms with Gasteiger partial charge in [0, 0.05) is 32.8 Å². The van der Waals surface area contributed by atoms with E-state index in [9.17, 15) is 18.5 Å². The predicted octanol–water partition coefficient (Wildman–Crippen LogP) is 2.06. The molecule has 8 heteroatoms. The lowest BCUT2D eigenvalue weighted by Crippen LogP contribution is -2.23. The van der Waals surface area contributed by atoms with Gasteiger partial charge in [-0.05, 0) is 12.5 Å². The minimum absolute atomic E-state index is 0.0761. The van der Waals surface area contributed by atoms with Crippen LogP contribution in [0.5, 0.6) is 0 Å². The summed E-state index contributed by atoms with van der Waals surface area (Å²) in [5.74, 6) is 0. The van der Waals surface area contributed by atoms with Crippen molar-refractivity contribution in [2.45, 2.75) is 24.7 Å². The highest BCUT2D eigenvalue weighted by Gasteiger charge is 2.24. The number of benzene rings is 1. The molecule has 0 atom stereocenters. The van der Waals surface area contributed by atoms with Crippen LogP contribution in [0.15, 0.2) is 23.1 Å². The molecule has 20 heavy (non-hydrogen) atoms. The van der Waals surface area contributed by atoms with E-state index in [1.165, 1.54) is 26.2 Å². The molecule has 0 aromatic heterocycles. The van der Waals surface area contributed by atoms with Gasteiger partial charge < -0.3 is 5.32 Å². The number of nitrogens with zero attached hydrogens (tertiary/aromatic N) is 2. The van der Waals surface area contributed by atoms with Gasteiger partial charge in [-0.1, -0.05) is 13.3 Å². The minimum atomic E-state index is -3.73. The Balaban J connectivity index is 3.27. The van der Waals surface area contributed by atoms with Crippen LogP contribution in [0.4, 0.5) is 11.4 Å². The van der Waals surface area contributed by atoms with Crippen molar-refractivity contribution < 1.29 is 13.3 Å². The monoisotopic (exact) mass is 301 g/mol. The van der Waals surface area contributed by atoms with Crippen molar-refractivity contribution in [3.8, 4) is 0 Å². The second kappa shape index (κ2) is 6.67. The largest absolute Gasteiger partial charge is 0.384 e. The SMILES string of the molecule is CCCCNc1ccc([N+](=O)[O-])cc1S(=O)(=O)N(C)C. The summed E-state index contributed by atoms with van der Waals surface area (Å²) in [5, 5.41) is 13.8. The molecule has 0 radical (unpaired) electrons. The van der Waals surface area contributed by atoms with Gasteiger partial charge in [-0.25, -0.2) is 12.7 Å². The average molecular weight is 301 g/mol. The number of anilines is 1. The summed E-state index contributed by atoms with van der Waals surface area (Å²) in [7, 11) is -0.949. The summed E-state index contributed by atoms with van der Waals surface area (Å²) in [6.45, 7) is 2.64. The average Bonchev–Trinajstić information content (AvgIpc) is 2.38. The molecule has 0 aliphatic heterocycles. The molecular weight excluding hydrogens is 282 g/mol. The molecule has 1 aromatic rings. The van der Waals surface area contributed by atoms with Gasteiger partial charge in [0.2, 0.25) is 10.0 Å². The van der Waals surface area contributed by atoms with Crippen molar-refractivity contribution in [3.63, 3.8) is 0 Å². The maximum Gasteiger partial charge on any atom is 0.270 e. The lowest BCUT2D eigenvalue weighted by atomic mass is 10.2. The van der Waals surface area contributed by atoms with Gasteiger partial charge in [-0.15, -0.1) is 0 Å². The topological polar surface area (TPSA) is 92.5 Å². The van der Waals surface area contributed by atoms with Gasteiger partial charge in [-0.3, -0.25) is 10.1 Å². The zero-order valence-corrected chi connectivity index (χ0v) is 12.6. The van der Waals surface area contributed by atoms with E-state index in [0.717, 1.165) is 23.2 Å². The third kappa shape index (κ3) is 3.67. The molecule has 0 saturated heterocycles. The first-order valence-corrected chi connectivity index (χ1v) is 7.69. The van der Waals surface area contributed by atoms with E-state index in [0.29, 0.717) is 12.2 Å². The molecule has 0 amide bonds. The summed E-state index contributed by atoms with van der Waals surface area (Å²) < 4.78 is 25.5. The maximum atomic E-state index is 12.2. The molecule has 1 aromatic carbocycles. The van der Waals surface area contributed by atoms with Crippen molar-refractivity contribution in [1.82, 2.24) is 4.31 Å². The first-order valence-electron chi connectivity index (χ1n) is 6.25. The number of sulfonamides is 1. The molecule has 0 fully saturated rings. The normalized spacial score (nSPS) is 11.6. The van der Waals surface area contributed by atoms with Crippen LogP contribution in [-0.2, 0) is 10.0 Å². The molecule has 1 N–H and O–H groups in total. The number of nitrogens with one attached hydrogen (secondary N) is 1. The number of nitro benzene ring substituents is 1. The number of unbranched alkanes of at least 4 members (excludes halogenated alkanes) is 1. The quantitative estimate of drug-likeness (QED) is 0.473. The fourth-order valence-electron chi connectivity index (χ4n) is 1.58. The van der Waals surface area contributed by atoms with Gasteiger partial charge in [-0.2, -0.15) is 0 Å². The van der Waals surface area contributed by atoms with Gasteiger partial charge in [0.1, 0.15) is 4.90 Å². The van der Waals surface area contributed by atoms with Crippen LogP contribution in [0.25, 0.3) is 0 Å². The Bertz CT molecular complexity index is 584. The van der Waals surface area contributed by atoms with Crippen molar-refractivity contribution in [3.05, 3.63) is 28.3 Å². The fraction of sp³-hybridized carbons (Fsp3) is 0.500. The van der Waals surface area contributed by atoms with E-state index in [1.807, 2.05) is 6.92 Å². The lowest BCUT2D eigenvalue weighted by molar-refractivity contribution is -0.385. The molecule has 0 spiro atoms. The maximum absolute atomic E-state index is 12.2. The molecule has 0 unspecified atom stereocenters. The van der Waals surface area contributed by atoms with Crippen LogP contribution in [0.2, 0.25) is 0 Å². The van der Waals surface area contributed by atoms with E-state index >= 15 is 0 Å². The Morgan fingerprint density at radius 1 is 1.35 bits per heavy atom. The predicted molar refractivity (Wildman–Crippen MR) is 77.4 cm³/mol. The number of nitro groups is 1. The molecule has 0 heterocycles. The molecule has 0 saturated carbocycles. The highest BCUT2D eigenvalue weighted by molar-refractivity contribution is 7.89. The number of rotatable bonds is 7. The molecule has 7 nitrogen and oxygen atoms in total. The third-order valence-corrected chi connectivity index (χ3v) is 4.64. The van der Waals surface area contributed by atoms with E-state index in [-0.39, 0.29) is 10.6 Å². The van der Waals surface area contributed by atoms with E-state index < -0.39 is 14.9 Å². The first-order chi connectivity index (χ1) is 9.30. The van der Waals surface area contributed by atoms with Crippen LogP contribution in [0.1, 0.15) is 19.8 Å². The first kappa shape index (κ1) is 16.4. The summed E-state index contributed by atoms with van der Waals surface area (Å²) in [6, 6.07) is 3.82. The molecular formula is C12H19N3O4S. The Hall–Kier alpha value is -1.67. The van der Waals surface area contributed by atoms with Crippen LogP contribution in [-0.4, -0.2) is 38.3 Å². The second-order valence-corrected chi connectivity index (χ2v) is 6.63. The molecule has 0 aliphatic carbocycles. The number of non-ortho nitro benzene ring substituents is 1. The van der Waals surface area contributed by atoms with Crippen molar-refractivity contribution in [2.75, 3.05) is 26.0 Å². The Morgan fingerprint density at radius 3 is 2.50 bits per heavy atom. The Kier molecular flexibility index (Phi) is 5.46. The highest BCUT2D eigenvalue weighted by atomic mass is 32.2. The Morgan fingerprint density at radius 2 is 2.00 bits per heavy atom. The second-order valence-electron chi connectivity index (χ2n) is 4.51. The molecule has 112 valence electrons. The van der Waals surface area contributed by atoms with Crippen LogP contribution >= 0.6 is 0 Å². The lowest BCUT2D eigenvalue weighted by Gasteiger charge is -2.16. The molecule has 0 bridgehead atoms. The van der Waals surface area contributed by atoms with Crippen molar-refractivity contribution in [1.29, 1.82) is 0 Å². The van der Waals surface area contributed by atoms with Gasteiger partial charge in [0.25, 0.3) is 5.69 Å². The molecule has 1 rings (SSSR count). The number of hydrogen-bond donors (Lipinski definition) is 1. The molecule has 0 aliphatic rings. The Labute approximate surface area is 118 Å². The van der Waals surface area contributed by atoms with Crippen LogP contribution in [0.3, 0.4) is 0 Å². The summed E-state index contributed by atoms with van der Waals surface area (Å²) in [4.78, 5) is 10.1. The standard InChI is InChI=1S/C12H19N3O4S/c1-4-5-8-13-11-7-6-10(15(16)17)9-12(11)20(18,19)14(2)3/h6-7,9,13H,4-5,8H2,1-3H3. The zero-order chi connectivity index (χ0) is 15.3. The van der Waals surface area contributed by atoms with E-state index in [1.54, 1.807) is 0 Å². The van der Waals surface area contributed by atoms with E-state index in [2.05, 4.69) is 5.32 Å². The van der Waals surface area contributed by atoms with E-state index in [4.69, 9.17) is 0 Å². The zero-order valence-electron chi connectivity index (χ0n) is 11.8. The van der Waals surface area contributed by atoms with Gasteiger partial charge in [0.15, 0.2) is 0 Å². The third-order valence-electron chi connectivity index (χ3n) is 2.78. The van der Waals surface area contributed by atoms with Gasteiger partial charge >= 0.3 is 0 Å². The fourth-order valence-corrected chi connectivity index (χ4v) is 2.66. The summed E-state index contributed by atoms with van der Waals surface area (Å²) in [5.41, 5.74) is 0.143. The summed E-state index contributed by atoms with van der Waals surface area (Å²) >= 11 is 0. The summed E-state index contributed by atoms with van der Waals surface area (Å²) in [6.07, 6.45) is 1.86. The smallest absolute Gasteiger partial charge is 0.270 e. The van der Waals surface area contributed by atoms with Crippen LogP contribution < -0.4 is 5.32 Å². The van der Waals surface area contributed by atoms with Gasteiger partial charge in [0.05, 0.1) is 10.6 Å². The minimum Gasteiger partial charge on any atom is -0.384 e. The van der Waals surface area contributed by atoms with Crippen molar-refractivity contribution >= 4 is 21.4 Å². The number of hydrogen-bond acceptors (Lipinski definition) is 5. The highest BCUT2D eigenvalue weighted by Crippen LogP contribution is 2.28. The van der Waals surface area contributed by atoms with Crippen molar-refractivity contribution in [2.24, 2.45) is 0 Å².